The summed E-state index contributed by atoms with van der Waals surface area (Å²) in [4.78, 5) is 31.9. The molecule has 1 aromatic carbocycles. The maximum Gasteiger partial charge on any atom is 0.338 e. The third-order valence-corrected chi connectivity index (χ3v) is 6.37. The molecule has 0 saturated carbocycles. The van der Waals surface area contributed by atoms with Crippen LogP contribution in [0.15, 0.2) is 29.5 Å². The van der Waals surface area contributed by atoms with Gasteiger partial charge in [-0.2, -0.15) is 0 Å². The van der Waals surface area contributed by atoms with Crippen LogP contribution in [0.1, 0.15) is 25.5 Å². The molecule has 1 aromatic rings. The number of rotatable bonds is 6. The van der Waals surface area contributed by atoms with Crippen LogP contribution in [0.25, 0.3) is 0 Å². The van der Waals surface area contributed by atoms with E-state index >= 15 is 0 Å². The zero-order chi connectivity index (χ0) is 21.8. The van der Waals surface area contributed by atoms with Crippen LogP contribution in [0.5, 0.6) is 0 Å². The SMILES string of the molecule is CCOC(=O)C1=C(CN2CCN(CC)CC2)N(C)C(=O)NC1c1ccc(Cl)c(Cl)c1. The highest BCUT2D eigenvalue weighted by Crippen LogP contribution is 2.34. The molecule has 1 unspecified atom stereocenters. The van der Waals surface area contributed by atoms with Crippen molar-refractivity contribution < 1.29 is 14.3 Å². The van der Waals surface area contributed by atoms with Crippen molar-refractivity contribution in [3.63, 3.8) is 0 Å². The molecule has 1 fully saturated rings. The van der Waals surface area contributed by atoms with Crippen LogP contribution in [-0.2, 0) is 9.53 Å². The van der Waals surface area contributed by atoms with E-state index in [0.29, 0.717) is 33.4 Å². The van der Waals surface area contributed by atoms with Crippen molar-refractivity contribution in [1.29, 1.82) is 0 Å². The molecule has 2 aliphatic rings. The number of carbonyl (C=O) groups excluding carboxylic acids is 2. The lowest BCUT2D eigenvalue weighted by atomic mass is 9.94. The number of nitrogens with zero attached hydrogens (tertiary/aromatic N) is 3. The van der Waals surface area contributed by atoms with Gasteiger partial charge in [0.25, 0.3) is 0 Å². The van der Waals surface area contributed by atoms with Gasteiger partial charge >= 0.3 is 12.0 Å². The van der Waals surface area contributed by atoms with Gasteiger partial charge < -0.3 is 15.0 Å². The lowest BCUT2D eigenvalue weighted by Crippen LogP contribution is -2.52. The molecular weight excluding hydrogens is 427 g/mol. The number of benzene rings is 1. The average molecular weight is 455 g/mol. The Kier molecular flexibility index (Phi) is 7.63. The van der Waals surface area contributed by atoms with Crippen molar-refractivity contribution in [2.45, 2.75) is 19.9 Å². The van der Waals surface area contributed by atoms with Crippen molar-refractivity contribution >= 4 is 35.2 Å². The number of esters is 1. The lowest BCUT2D eigenvalue weighted by Gasteiger charge is -2.39. The van der Waals surface area contributed by atoms with E-state index < -0.39 is 12.0 Å². The highest BCUT2D eigenvalue weighted by molar-refractivity contribution is 6.42. The summed E-state index contributed by atoms with van der Waals surface area (Å²) in [7, 11) is 1.68. The molecule has 0 spiro atoms. The minimum atomic E-state index is -0.658. The quantitative estimate of drug-likeness (QED) is 0.668. The number of nitrogens with one attached hydrogen (secondary N) is 1. The van der Waals surface area contributed by atoms with Crippen molar-refractivity contribution in [2.75, 3.05) is 52.9 Å². The fourth-order valence-corrected chi connectivity index (χ4v) is 4.12. The van der Waals surface area contributed by atoms with Gasteiger partial charge in [-0.25, -0.2) is 9.59 Å². The van der Waals surface area contributed by atoms with Gasteiger partial charge in [0.15, 0.2) is 0 Å². The van der Waals surface area contributed by atoms with Gasteiger partial charge in [0.2, 0.25) is 0 Å². The van der Waals surface area contributed by atoms with Crippen molar-refractivity contribution in [2.24, 2.45) is 0 Å². The molecule has 7 nitrogen and oxygen atoms in total. The van der Waals surface area contributed by atoms with Crippen LogP contribution in [0.4, 0.5) is 4.79 Å². The Bertz CT molecular complexity index is 838. The second-order valence-electron chi connectivity index (χ2n) is 7.41. The zero-order valence-corrected chi connectivity index (χ0v) is 19.1. The molecule has 2 heterocycles. The second kappa shape index (κ2) is 10.0. The summed E-state index contributed by atoms with van der Waals surface area (Å²) in [5.41, 5.74) is 1.76. The van der Waals surface area contributed by atoms with Crippen LogP contribution in [0, 0.1) is 0 Å². The topological polar surface area (TPSA) is 65.1 Å². The number of hydrogen-bond acceptors (Lipinski definition) is 5. The number of ether oxygens (including phenoxy) is 1. The molecule has 1 saturated heterocycles. The summed E-state index contributed by atoms with van der Waals surface area (Å²) < 4.78 is 5.36. The molecule has 1 N–H and O–H groups in total. The van der Waals surface area contributed by atoms with Gasteiger partial charge in [-0.05, 0) is 31.2 Å². The molecule has 2 amide bonds. The molecule has 164 valence electrons. The van der Waals surface area contributed by atoms with Crippen LogP contribution in [-0.4, -0.2) is 79.6 Å². The summed E-state index contributed by atoms with van der Waals surface area (Å²) in [5.74, 6) is -0.442. The summed E-state index contributed by atoms with van der Waals surface area (Å²) >= 11 is 12.3. The maximum absolute atomic E-state index is 13.0. The Labute approximate surface area is 187 Å². The number of urea groups is 1. The molecule has 30 heavy (non-hydrogen) atoms. The van der Waals surface area contributed by atoms with E-state index in [1.807, 2.05) is 0 Å². The minimum absolute atomic E-state index is 0.247. The Morgan fingerprint density at radius 3 is 2.40 bits per heavy atom. The normalized spacial score (nSPS) is 21.0. The smallest absolute Gasteiger partial charge is 0.338 e. The summed E-state index contributed by atoms with van der Waals surface area (Å²) in [6.07, 6.45) is 0. The molecule has 0 bridgehead atoms. The number of hydrogen-bond donors (Lipinski definition) is 1. The lowest BCUT2D eigenvalue weighted by molar-refractivity contribution is -0.139. The average Bonchev–Trinajstić information content (AvgIpc) is 2.73. The Balaban J connectivity index is 2.00. The molecular formula is C21H28Cl2N4O3. The predicted octanol–water partition coefficient (Wildman–Crippen LogP) is 3.14. The monoisotopic (exact) mass is 454 g/mol. The van der Waals surface area contributed by atoms with Gasteiger partial charge in [0, 0.05) is 45.5 Å². The van der Waals surface area contributed by atoms with Crippen molar-refractivity contribution in [3.05, 3.63) is 45.1 Å². The first kappa shape index (κ1) is 22.9. The number of carbonyl (C=O) groups is 2. The van der Waals surface area contributed by atoms with E-state index in [9.17, 15) is 9.59 Å². The summed E-state index contributed by atoms with van der Waals surface area (Å²) in [6, 6.07) is 4.17. The maximum atomic E-state index is 13.0. The highest BCUT2D eigenvalue weighted by Gasteiger charge is 2.37. The molecule has 0 aromatic heterocycles. The van der Waals surface area contributed by atoms with Gasteiger partial charge in [-0.15, -0.1) is 0 Å². The summed E-state index contributed by atoms with van der Waals surface area (Å²) in [6.45, 7) is 9.35. The standard InChI is InChI=1S/C21H28Cl2N4O3/c1-4-26-8-10-27(11-9-26)13-17-18(20(28)30-5-2)19(24-21(29)25(17)3)14-6-7-15(22)16(23)12-14/h6-7,12,19H,4-5,8-11,13H2,1-3H3,(H,24,29). The minimum Gasteiger partial charge on any atom is -0.463 e. The highest BCUT2D eigenvalue weighted by atomic mass is 35.5. The molecule has 9 heteroatoms. The van der Waals surface area contributed by atoms with E-state index in [-0.39, 0.29) is 12.6 Å². The van der Waals surface area contributed by atoms with Crippen LogP contribution >= 0.6 is 23.2 Å². The molecule has 1 atom stereocenters. The Hall–Kier alpha value is -1.80. The predicted molar refractivity (Wildman–Crippen MR) is 118 cm³/mol. The van der Waals surface area contributed by atoms with Gasteiger partial charge in [0.05, 0.1) is 28.3 Å². The van der Waals surface area contributed by atoms with Gasteiger partial charge in [-0.3, -0.25) is 9.80 Å². The van der Waals surface area contributed by atoms with Crippen molar-refractivity contribution in [1.82, 2.24) is 20.0 Å². The first-order valence-corrected chi connectivity index (χ1v) is 10.9. The second-order valence-corrected chi connectivity index (χ2v) is 8.22. The van der Waals surface area contributed by atoms with E-state index in [1.165, 1.54) is 4.90 Å². The fraction of sp³-hybridized carbons (Fsp3) is 0.524. The van der Waals surface area contributed by atoms with Crippen molar-refractivity contribution in [3.8, 4) is 0 Å². The third-order valence-electron chi connectivity index (χ3n) is 5.63. The van der Waals surface area contributed by atoms with E-state index in [4.69, 9.17) is 27.9 Å². The largest absolute Gasteiger partial charge is 0.463 e. The number of amides is 2. The van der Waals surface area contributed by atoms with Gasteiger partial charge in [0.1, 0.15) is 0 Å². The number of piperazine rings is 1. The number of halogens is 2. The van der Waals surface area contributed by atoms with E-state index in [1.54, 1.807) is 32.2 Å². The van der Waals surface area contributed by atoms with E-state index in [0.717, 1.165) is 32.7 Å². The third kappa shape index (κ3) is 4.91. The Morgan fingerprint density at radius 1 is 1.13 bits per heavy atom. The Morgan fingerprint density at radius 2 is 1.80 bits per heavy atom. The fourth-order valence-electron chi connectivity index (χ4n) is 3.82. The first-order chi connectivity index (χ1) is 14.3. The van der Waals surface area contributed by atoms with Gasteiger partial charge in [-0.1, -0.05) is 36.2 Å². The molecule has 2 aliphatic heterocycles. The molecule has 3 rings (SSSR count). The first-order valence-electron chi connectivity index (χ1n) is 10.2. The molecule has 0 aliphatic carbocycles. The van der Waals surface area contributed by atoms with Crippen LogP contribution < -0.4 is 5.32 Å². The van der Waals surface area contributed by atoms with Crippen LogP contribution in [0.3, 0.4) is 0 Å². The summed E-state index contributed by atoms with van der Waals surface area (Å²) in [5, 5.41) is 3.68. The van der Waals surface area contributed by atoms with Crippen LogP contribution in [0.2, 0.25) is 10.0 Å². The zero-order valence-electron chi connectivity index (χ0n) is 17.6. The number of likely N-dealkylation sites (N-methyl/N-ethyl adjacent to an activating group) is 2. The van der Waals surface area contributed by atoms with E-state index in [2.05, 4.69) is 22.0 Å². The molecule has 0 radical (unpaired) electrons.